The fourth-order valence-electron chi connectivity index (χ4n) is 2.01. The summed E-state index contributed by atoms with van der Waals surface area (Å²) in [6, 6.07) is -0.482. The number of unbranched alkanes of at least 4 members (excludes halogenated alkanes) is 2. The van der Waals surface area contributed by atoms with Gasteiger partial charge in [0.1, 0.15) is 12.7 Å². The van der Waals surface area contributed by atoms with E-state index < -0.39 is 23.7 Å². The van der Waals surface area contributed by atoms with Crippen LogP contribution in [-0.4, -0.2) is 32.1 Å². The maximum atomic E-state index is 13.4. The summed E-state index contributed by atoms with van der Waals surface area (Å²) in [5.74, 6) is 5.87. The van der Waals surface area contributed by atoms with Crippen LogP contribution in [-0.2, 0) is 0 Å². The third-order valence-electron chi connectivity index (χ3n) is 3.74. The molecule has 2 atom stereocenters. The SMILES string of the molecule is CCCCC#CC(O)(C(C)n1cncn1)C(C)(C)CF. The third-order valence-corrected chi connectivity index (χ3v) is 3.74. The second-order valence-corrected chi connectivity index (χ2v) is 5.74. The van der Waals surface area contributed by atoms with E-state index in [0.717, 1.165) is 12.8 Å². The molecule has 0 aromatic carbocycles. The van der Waals surface area contributed by atoms with Crippen LogP contribution in [0.1, 0.15) is 53.0 Å². The van der Waals surface area contributed by atoms with Crippen LogP contribution in [0.3, 0.4) is 0 Å². The van der Waals surface area contributed by atoms with Gasteiger partial charge in [0.2, 0.25) is 0 Å². The minimum atomic E-state index is -1.50. The summed E-state index contributed by atoms with van der Waals surface area (Å²) in [5, 5.41) is 15.0. The number of alkyl halides is 1. The Labute approximate surface area is 120 Å². The second kappa shape index (κ2) is 6.85. The molecule has 1 aromatic heterocycles. The molecule has 0 spiro atoms. The zero-order valence-corrected chi connectivity index (χ0v) is 12.7. The fraction of sp³-hybridized carbons (Fsp3) is 0.733. The Morgan fingerprint density at radius 3 is 2.65 bits per heavy atom. The van der Waals surface area contributed by atoms with Gasteiger partial charge in [0.05, 0.1) is 12.7 Å². The Morgan fingerprint density at radius 1 is 1.45 bits per heavy atom. The van der Waals surface area contributed by atoms with Gasteiger partial charge in [-0.15, -0.1) is 5.92 Å². The summed E-state index contributed by atoms with van der Waals surface area (Å²) < 4.78 is 14.9. The van der Waals surface area contributed by atoms with E-state index in [1.165, 1.54) is 17.3 Å². The van der Waals surface area contributed by atoms with Gasteiger partial charge in [-0.2, -0.15) is 5.10 Å². The van der Waals surface area contributed by atoms with Crippen LogP contribution in [0, 0.1) is 17.3 Å². The molecule has 0 aliphatic carbocycles. The molecule has 0 aliphatic heterocycles. The molecule has 0 fully saturated rings. The number of halogens is 1. The van der Waals surface area contributed by atoms with Crippen molar-refractivity contribution in [2.75, 3.05) is 6.67 Å². The lowest BCUT2D eigenvalue weighted by atomic mass is 9.72. The van der Waals surface area contributed by atoms with Gasteiger partial charge < -0.3 is 5.11 Å². The number of nitrogens with zero attached hydrogens (tertiary/aromatic N) is 3. The quantitative estimate of drug-likeness (QED) is 0.644. The molecule has 4 nitrogen and oxygen atoms in total. The smallest absolute Gasteiger partial charge is 0.154 e. The van der Waals surface area contributed by atoms with Gasteiger partial charge in [0.25, 0.3) is 0 Å². The number of rotatable bonds is 6. The van der Waals surface area contributed by atoms with Gasteiger partial charge in [0, 0.05) is 11.8 Å². The summed E-state index contributed by atoms with van der Waals surface area (Å²) in [5.41, 5.74) is -2.49. The molecule has 5 heteroatoms. The monoisotopic (exact) mass is 281 g/mol. The first-order valence-corrected chi connectivity index (χ1v) is 7.01. The van der Waals surface area contributed by atoms with Crippen LogP contribution >= 0.6 is 0 Å². The first kappa shape index (κ1) is 16.6. The van der Waals surface area contributed by atoms with Crippen molar-refractivity contribution in [2.24, 2.45) is 5.41 Å². The lowest BCUT2D eigenvalue weighted by Crippen LogP contribution is -2.51. The average Bonchev–Trinajstić information content (AvgIpc) is 2.96. The van der Waals surface area contributed by atoms with Crippen LogP contribution in [0.25, 0.3) is 0 Å². The van der Waals surface area contributed by atoms with E-state index in [1.54, 1.807) is 20.8 Å². The molecule has 0 amide bonds. The first-order valence-electron chi connectivity index (χ1n) is 7.01. The Bertz CT molecular complexity index is 461. The summed E-state index contributed by atoms with van der Waals surface area (Å²) in [7, 11) is 0. The summed E-state index contributed by atoms with van der Waals surface area (Å²) in [6.07, 6.45) is 5.61. The number of aliphatic hydroxyl groups is 1. The van der Waals surface area contributed by atoms with E-state index in [-0.39, 0.29) is 0 Å². The Kier molecular flexibility index (Phi) is 5.70. The van der Waals surface area contributed by atoms with Gasteiger partial charge in [-0.05, 0) is 13.3 Å². The van der Waals surface area contributed by atoms with E-state index in [4.69, 9.17) is 0 Å². The molecule has 1 heterocycles. The van der Waals surface area contributed by atoms with Crippen molar-refractivity contribution >= 4 is 0 Å². The number of aromatic nitrogens is 3. The van der Waals surface area contributed by atoms with Gasteiger partial charge in [-0.25, -0.2) is 9.67 Å². The van der Waals surface area contributed by atoms with E-state index >= 15 is 0 Å². The van der Waals surface area contributed by atoms with Crippen LogP contribution in [0.15, 0.2) is 12.7 Å². The summed E-state index contributed by atoms with van der Waals surface area (Å²) >= 11 is 0. The highest BCUT2D eigenvalue weighted by atomic mass is 19.1. The maximum absolute atomic E-state index is 13.4. The lowest BCUT2D eigenvalue weighted by molar-refractivity contribution is -0.0659. The Balaban J connectivity index is 3.09. The highest BCUT2D eigenvalue weighted by molar-refractivity contribution is 5.21. The highest BCUT2D eigenvalue weighted by Gasteiger charge is 2.48. The molecule has 2 unspecified atom stereocenters. The van der Waals surface area contributed by atoms with Crippen molar-refractivity contribution in [3.8, 4) is 11.8 Å². The highest BCUT2D eigenvalue weighted by Crippen LogP contribution is 2.39. The van der Waals surface area contributed by atoms with Crippen molar-refractivity contribution in [3.63, 3.8) is 0 Å². The molecule has 1 aromatic rings. The molecular formula is C15H24FN3O. The molecule has 0 radical (unpaired) electrons. The van der Waals surface area contributed by atoms with E-state index in [1.807, 2.05) is 0 Å². The van der Waals surface area contributed by atoms with Crippen molar-refractivity contribution < 1.29 is 9.50 Å². The fourth-order valence-corrected chi connectivity index (χ4v) is 2.01. The summed E-state index contributed by atoms with van der Waals surface area (Å²) in [6.45, 7) is 6.55. The molecule has 0 saturated carbocycles. The normalized spacial score (nSPS) is 16.1. The molecular weight excluding hydrogens is 257 g/mol. The zero-order chi connectivity index (χ0) is 15.2. The predicted octanol–water partition coefficient (Wildman–Crippen LogP) is 2.76. The molecule has 0 aliphatic rings. The van der Waals surface area contributed by atoms with Gasteiger partial charge in [0.15, 0.2) is 5.60 Å². The van der Waals surface area contributed by atoms with Crippen LogP contribution in [0.5, 0.6) is 0 Å². The van der Waals surface area contributed by atoms with Crippen molar-refractivity contribution in [3.05, 3.63) is 12.7 Å². The second-order valence-electron chi connectivity index (χ2n) is 5.74. The van der Waals surface area contributed by atoms with Gasteiger partial charge >= 0.3 is 0 Å². The molecule has 0 saturated heterocycles. The van der Waals surface area contributed by atoms with Crippen LogP contribution in [0.4, 0.5) is 4.39 Å². The molecule has 20 heavy (non-hydrogen) atoms. The Morgan fingerprint density at radius 2 is 2.15 bits per heavy atom. The molecule has 0 bridgehead atoms. The Hall–Kier alpha value is -1.41. The standard InChI is InChI=1S/C15H24FN3O/c1-5-6-7-8-9-15(20,14(3,4)10-16)13(2)19-12-17-11-18-19/h11-13,20H,5-7,10H2,1-4H3. The maximum Gasteiger partial charge on any atom is 0.154 e. The zero-order valence-electron chi connectivity index (χ0n) is 12.7. The molecule has 112 valence electrons. The number of hydrogen-bond donors (Lipinski definition) is 1. The number of hydrogen-bond acceptors (Lipinski definition) is 3. The molecule has 1 rings (SSSR count). The van der Waals surface area contributed by atoms with E-state index in [2.05, 4.69) is 28.8 Å². The minimum Gasteiger partial charge on any atom is -0.375 e. The van der Waals surface area contributed by atoms with Crippen LogP contribution < -0.4 is 0 Å². The molecule has 1 N–H and O–H groups in total. The average molecular weight is 281 g/mol. The minimum absolute atomic E-state index is 0.482. The third kappa shape index (κ3) is 3.37. The topological polar surface area (TPSA) is 50.9 Å². The van der Waals surface area contributed by atoms with Crippen molar-refractivity contribution in [2.45, 2.75) is 58.6 Å². The largest absolute Gasteiger partial charge is 0.375 e. The first-order chi connectivity index (χ1) is 9.39. The summed E-state index contributed by atoms with van der Waals surface area (Å²) in [4.78, 5) is 3.87. The van der Waals surface area contributed by atoms with Gasteiger partial charge in [-0.1, -0.05) is 33.1 Å². The van der Waals surface area contributed by atoms with Gasteiger partial charge in [-0.3, -0.25) is 4.39 Å². The van der Waals surface area contributed by atoms with E-state index in [9.17, 15) is 9.50 Å². The van der Waals surface area contributed by atoms with Crippen molar-refractivity contribution in [1.82, 2.24) is 14.8 Å². The van der Waals surface area contributed by atoms with E-state index in [0.29, 0.717) is 6.42 Å². The lowest BCUT2D eigenvalue weighted by Gasteiger charge is -2.41. The predicted molar refractivity (Wildman–Crippen MR) is 76.7 cm³/mol. The van der Waals surface area contributed by atoms with Crippen LogP contribution in [0.2, 0.25) is 0 Å². The van der Waals surface area contributed by atoms with Crippen molar-refractivity contribution in [1.29, 1.82) is 0 Å².